The van der Waals surface area contributed by atoms with E-state index >= 15 is 0 Å². The first-order valence-corrected chi connectivity index (χ1v) is 5.22. The molecule has 0 aromatic heterocycles. The molecule has 0 radical (unpaired) electrons. The Labute approximate surface area is 108 Å². The Balaban J connectivity index is 3.24. The van der Waals surface area contributed by atoms with Gasteiger partial charge in [-0.2, -0.15) is 0 Å². The van der Waals surface area contributed by atoms with Gasteiger partial charge in [0.15, 0.2) is 11.5 Å². The molecule has 0 saturated carbocycles. The van der Waals surface area contributed by atoms with Crippen LogP contribution in [0.5, 0.6) is 23.0 Å². The van der Waals surface area contributed by atoms with Crippen LogP contribution in [0.25, 0.3) is 0 Å². The maximum atomic E-state index is 10.9. The number of phenols is 1. The second kappa shape index (κ2) is 5.85. The summed E-state index contributed by atoms with van der Waals surface area (Å²) in [7, 11) is 0. The number of esters is 3. The van der Waals surface area contributed by atoms with Crippen LogP contribution in [0.15, 0.2) is 12.1 Å². The lowest BCUT2D eigenvalue weighted by atomic mass is 10.2. The average molecular weight is 268 g/mol. The topological polar surface area (TPSA) is 99.1 Å². The summed E-state index contributed by atoms with van der Waals surface area (Å²) in [4.78, 5) is 32.6. The van der Waals surface area contributed by atoms with Gasteiger partial charge in [0.25, 0.3) is 0 Å². The lowest BCUT2D eigenvalue weighted by Gasteiger charge is -2.11. The van der Waals surface area contributed by atoms with Crippen molar-refractivity contribution in [3.05, 3.63) is 12.1 Å². The largest absolute Gasteiger partial charge is 0.502 e. The van der Waals surface area contributed by atoms with Gasteiger partial charge in [-0.05, 0) is 0 Å². The Morgan fingerprint density at radius 1 is 0.842 bits per heavy atom. The summed E-state index contributed by atoms with van der Waals surface area (Å²) in [5.74, 6) is -3.12. The first-order valence-electron chi connectivity index (χ1n) is 5.22. The van der Waals surface area contributed by atoms with Crippen LogP contribution in [0.2, 0.25) is 0 Å². The van der Waals surface area contributed by atoms with Crippen molar-refractivity contribution >= 4 is 17.9 Å². The van der Waals surface area contributed by atoms with Crippen LogP contribution in [0.3, 0.4) is 0 Å². The maximum absolute atomic E-state index is 10.9. The van der Waals surface area contributed by atoms with E-state index in [9.17, 15) is 19.5 Å². The zero-order valence-corrected chi connectivity index (χ0v) is 10.6. The fourth-order valence-corrected chi connectivity index (χ4v) is 1.25. The monoisotopic (exact) mass is 268 g/mol. The summed E-state index contributed by atoms with van der Waals surface area (Å²) in [5.41, 5.74) is 0. The molecule has 7 heteroatoms. The van der Waals surface area contributed by atoms with Gasteiger partial charge in [0.2, 0.25) is 5.75 Å². The smallest absolute Gasteiger partial charge is 0.308 e. The molecule has 0 fully saturated rings. The van der Waals surface area contributed by atoms with Crippen molar-refractivity contribution in [2.75, 3.05) is 0 Å². The first kappa shape index (κ1) is 14.5. The van der Waals surface area contributed by atoms with Crippen LogP contribution in [0.4, 0.5) is 0 Å². The van der Waals surface area contributed by atoms with Gasteiger partial charge < -0.3 is 19.3 Å². The van der Waals surface area contributed by atoms with Gasteiger partial charge in [-0.15, -0.1) is 0 Å². The molecule has 0 spiro atoms. The molecule has 102 valence electrons. The summed E-state index contributed by atoms with van der Waals surface area (Å²) in [5, 5.41) is 9.75. The third kappa shape index (κ3) is 4.30. The SMILES string of the molecule is CC(=O)Oc1cc(OC(C)=O)c(O)c(OC(C)=O)c1. The number of carbonyl (C=O) groups excluding carboxylic acids is 3. The van der Waals surface area contributed by atoms with Crippen molar-refractivity contribution in [2.45, 2.75) is 20.8 Å². The van der Waals surface area contributed by atoms with E-state index in [1.54, 1.807) is 0 Å². The van der Waals surface area contributed by atoms with Gasteiger partial charge in [-0.3, -0.25) is 14.4 Å². The van der Waals surface area contributed by atoms with Gasteiger partial charge >= 0.3 is 17.9 Å². The molecule has 0 bridgehead atoms. The van der Waals surface area contributed by atoms with Gasteiger partial charge in [0, 0.05) is 32.9 Å². The fraction of sp³-hybridized carbons (Fsp3) is 0.250. The van der Waals surface area contributed by atoms with Crippen LogP contribution in [-0.2, 0) is 14.4 Å². The van der Waals surface area contributed by atoms with Gasteiger partial charge in [-0.25, -0.2) is 0 Å². The molecule has 1 aromatic rings. The molecule has 0 saturated heterocycles. The molecule has 0 aliphatic carbocycles. The quantitative estimate of drug-likeness (QED) is 0.648. The van der Waals surface area contributed by atoms with Gasteiger partial charge in [0.1, 0.15) is 5.75 Å². The minimum Gasteiger partial charge on any atom is -0.502 e. The van der Waals surface area contributed by atoms with Crippen LogP contribution >= 0.6 is 0 Å². The number of rotatable bonds is 3. The van der Waals surface area contributed by atoms with Crippen LogP contribution < -0.4 is 14.2 Å². The molecule has 7 nitrogen and oxygen atoms in total. The summed E-state index contributed by atoms with van der Waals surface area (Å²) < 4.78 is 14.2. The second-order valence-electron chi connectivity index (χ2n) is 3.55. The van der Waals surface area contributed by atoms with Crippen molar-refractivity contribution in [2.24, 2.45) is 0 Å². The molecule has 1 aromatic carbocycles. The minimum atomic E-state index is -0.691. The number of carbonyl (C=O) groups is 3. The molecular weight excluding hydrogens is 256 g/mol. The molecule has 0 aliphatic heterocycles. The molecule has 0 aliphatic rings. The highest BCUT2D eigenvalue weighted by Gasteiger charge is 2.17. The standard InChI is InChI=1S/C12H12O7/c1-6(13)17-9-4-10(18-7(2)14)12(16)11(5-9)19-8(3)15/h4-5,16H,1-3H3. The van der Waals surface area contributed by atoms with Crippen molar-refractivity contribution in [1.82, 2.24) is 0 Å². The number of benzene rings is 1. The highest BCUT2D eigenvalue weighted by molar-refractivity contribution is 5.76. The summed E-state index contributed by atoms with van der Waals surface area (Å²) in [6.07, 6.45) is 0. The molecule has 19 heavy (non-hydrogen) atoms. The number of aromatic hydroxyl groups is 1. The average Bonchev–Trinajstić information content (AvgIpc) is 2.22. The Morgan fingerprint density at radius 3 is 1.53 bits per heavy atom. The maximum Gasteiger partial charge on any atom is 0.308 e. The molecule has 0 unspecified atom stereocenters. The zero-order valence-electron chi connectivity index (χ0n) is 10.6. The fourth-order valence-electron chi connectivity index (χ4n) is 1.25. The first-order chi connectivity index (χ1) is 8.79. The Bertz CT molecular complexity index is 496. The van der Waals surface area contributed by atoms with E-state index in [4.69, 9.17) is 14.2 Å². The van der Waals surface area contributed by atoms with E-state index in [2.05, 4.69) is 0 Å². The molecular formula is C12H12O7. The minimum absolute atomic E-state index is 0.0298. The van der Waals surface area contributed by atoms with Crippen LogP contribution in [-0.4, -0.2) is 23.0 Å². The van der Waals surface area contributed by atoms with E-state index in [1.165, 1.54) is 6.92 Å². The lowest BCUT2D eigenvalue weighted by molar-refractivity contribution is -0.132. The van der Waals surface area contributed by atoms with Crippen molar-refractivity contribution in [3.8, 4) is 23.0 Å². The number of ether oxygens (including phenoxy) is 3. The highest BCUT2D eigenvalue weighted by Crippen LogP contribution is 2.40. The summed E-state index contributed by atoms with van der Waals surface area (Å²) in [6.45, 7) is 3.43. The van der Waals surface area contributed by atoms with E-state index in [0.717, 1.165) is 26.0 Å². The van der Waals surface area contributed by atoms with Gasteiger partial charge in [-0.1, -0.05) is 0 Å². The molecule has 1 rings (SSSR count). The van der Waals surface area contributed by atoms with E-state index < -0.39 is 23.7 Å². The molecule has 0 atom stereocenters. The third-order valence-corrected chi connectivity index (χ3v) is 1.78. The zero-order chi connectivity index (χ0) is 14.6. The van der Waals surface area contributed by atoms with Crippen molar-refractivity contribution in [3.63, 3.8) is 0 Å². The summed E-state index contributed by atoms with van der Waals surface area (Å²) >= 11 is 0. The van der Waals surface area contributed by atoms with Crippen molar-refractivity contribution in [1.29, 1.82) is 0 Å². The summed E-state index contributed by atoms with van der Waals surface area (Å²) in [6, 6.07) is 2.26. The lowest BCUT2D eigenvalue weighted by Crippen LogP contribution is -2.07. The van der Waals surface area contributed by atoms with E-state index in [0.29, 0.717) is 0 Å². The predicted octanol–water partition coefficient (Wildman–Crippen LogP) is 1.17. The third-order valence-electron chi connectivity index (χ3n) is 1.78. The Hall–Kier alpha value is -2.57. The molecule has 0 amide bonds. The van der Waals surface area contributed by atoms with E-state index in [1.807, 2.05) is 0 Å². The van der Waals surface area contributed by atoms with Gasteiger partial charge in [0.05, 0.1) is 0 Å². The van der Waals surface area contributed by atoms with E-state index in [-0.39, 0.29) is 17.2 Å². The van der Waals surface area contributed by atoms with Crippen molar-refractivity contribution < 1.29 is 33.7 Å². The number of phenolic OH excluding ortho intramolecular Hbond substituents is 1. The molecule has 1 N–H and O–H groups in total. The Morgan fingerprint density at radius 2 is 1.21 bits per heavy atom. The normalized spacial score (nSPS) is 9.63. The molecule has 0 heterocycles. The predicted molar refractivity (Wildman–Crippen MR) is 62.0 cm³/mol. The Kier molecular flexibility index (Phi) is 4.46. The van der Waals surface area contributed by atoms with Crippen LogP contribution in [0, 0.1) is 0 Å². The second-order valence-corrected chi connectivity index (χ2v) is 3.55. The number of hydrogen-bond acceptors (Lipinski definition) is 7. The number of hydrogen-bond donors (Lipinski definition) is 1. The highest BCUT2D eigenvalue weighted by atomic mass is 16.6. The van der Waals surface area contributed by atoms with Crippen LogP contribution in [0.1, 0.15) is 20.8 Å².